The lowest BCUT2D eigenvalue weighted by molar-refractivity contribution is -0.139. The molecule has 2 fully saturated rings. The predicted octanol–water partition coefficient (Wildman–Crippen LogP) is 2.11. The number of nitrogens with one attached hydrogen (secondary N) is 2. The van der Waals surface area contributed by atoms with Crippen LogP contribution in [-0.2, 0) is 16.0 Å². The van der Waals surface area contributed by atoms with Crippen LogP contribution in [0.15, 0.2) is 24.3 Å². The average molecular weight is 370 g/mol. The van der Waals surface area contributed by atoms with E-state index < -0.39 is 11.6 Å². The summed E-state index contributed by atoms with van der Waals surface area (Å²) in [5.41, 5.74) is 3.98. The minimum Gasteiger partial charge on any atom is -0.359 e. The van der Waals surface area contributed by atoms with E-state index in [4.69, 9.17) is 0 Å². The highest BCUT2D eigenvalue weighted by atomic mass is 16.2. The van der Waals surface area contributed by atoms with Crippen molar-refractivity contribution in [3.05, 3.63) is 29.8 Å². The fraction of sp³-hybridized carbons (Fsp3) is 0.550. The molecule has 4 rings (SSSR count). The Kier molecular flexibility index (Phi) is 4.53. The Morgan fingerprint density at radius 1 is 1.22 bits per heavy atom. The molecule has 0 aromatic heterocycles. The van der Waals surface area contributed by atoms with Crippen molar-refractivity contribution in [3.8, 4) is 0 Å². The number of carbonyl (C=O) groups is 3. The second-order valence-electron chi connectivity index (χ2n) is 7.89. The highest BCUT2D eigenvalue weighted by Crippen LogP contribution is 2.33. The van der Waals surface area contributed by atoms with Crippen molar-refractivity contribution in [2.24, 2.45) is 0 Å². The average Bonchev–Trinajstić information content (AvgIpc) is 2.89. The molecular formula is C20H26N4O3. The highest BCUT2D eigenvalue weighted by molar-refractivity contribution is 6.08. The number of hydrogen-bond acceptors (Lipinski definition) is 4. The molecule has 7 nitrogen and oxygen atoms in total. The zero-order valence-electron chi connectivity index (χ0n) is 15.7. The summed E-state index contributed by atoms with van der Waals surface area (Å²) >= 11 is 0. The van der Waals surface area contributed by atoms with E-state index in [1.807, 2.05) is 23.1 Å². The summed E-state index contributed by atoms with van der Waals surface area (Å²) in [4.78, 5) is 39.8. The summed E-state index contributed by atoms with van der Waals surface area (Å²) in [6.07, 6.45) is 6.14. The lowest BCUT2D eigenvalue weighted by Gasteiger charge is -2.36. The van der Waals surface area contributed by atoms with Crippen LogP contribution in [-0.4, -0.2) is 41.0 Å². The number of carbonyl (C=O) groups excluding carboxylic acids is 3. The van der Waals surface area contributed by atoms with Crippen LogP contribution in [0.4, 0.5) is 10.5 Å². The fourth-order valence-corrected chi connectivity index (χ4v) is 4.53. The van der Waals surface area contributed by atoms with Gasteiger partial charge >= 0.3 is 6.03 Å². The maximum Gasteiger partial charge on any atom is 0.344 e. The molecule has 4 amide bonds. The van der Waals surface area contributed by atoms with E-state index in [-0.39, 0.29) is 24.4 Å². The predicted molar refractivity (Wildman–Crippen MR) is 101 cm³/mol. The molecule has 144 valence electrons. The number of para-hydroxylation sites is 1. The van der Waals surface area contributed by atoms with Crippen LogP contribution < -0.4 is 15.6 Å². The van der Waals surface area contributed by atoms with Crippen LogP contribution in [0.2, 0.25) is 0 Å². The molecule has 27 heavy (non-hydrogen) atoms. The molecule has 1 aromatic carbocycles. The van der Waals surface area contributed by atoms with E-state index in [1.54, 1.807) is 0 Å². The second-order valence-corrected chi connectivity index (χ2v) is 7.89. The maximum atomic E-state index is 12.8. The van der Waals surface area contributed by atoms with Crippen molar-refractivity contribution in [2.75, 3.05) is 11.4 Å². The Morgan fingerprint density at radius 3 is 2.74 bits per heavy atom. The third kappa shape index (κ3) is 3.15. The van der Waals surface area contributed by atoms with E-state index in [9.17, 15) is 14.4 Å². The first-order chi connectivity index (χ1) is 13.0. The van der Waals surface area contributed by atoms with Crippen molar-refractivity contribution in [1.82, 2.24) is 15.8 Å². The lowest BCUT2D eigenvalue weighted by atomic mass is 9.82. The van der Waals surface area contributed by atoms with Crippen LogP contribution >= 0.6 is 0 Å². The molecule has 0 bridgehead atoms. The Balaban J connectivity index is 1.45. The van der Waals surface area contributed by atoms with Gasteiger partial charge in [0, 0.05) is 11.7 Å². The van der Waals surface area contributed by atoms with Gasteiger partial charge in [-0.3, -0.25) is 15.0 Å². The Labute approximate surface area is 159 Å². The first-order valence-corrected chi connectivity index (χ1v) is 9.81. The van der Waals surface area contributed by atoms with Gasteiger partial charge in [-0.05, 0) is 44.2 Å². The second kappa shape index (κ2) is 6.87. The van der Waals surface area contributed by atoms with Gasteiger partial charge in [-0.25, -0.2) is 4.79 Å². The number of urea groups is 1. The fourth-order valence-electron chi connectivity index (χ4n) is 4.53. The number of amides is 4. The minimum atomic E-state index is -0.826. The van der Waals surface area contributed by atoms with E-state index in [2.05, 4.69) is 23.7 Å². The number of aryl methyl sites for hydroxylation is 1. The van der Waals surface area contributed by atoms with Crippen molar-refractivity contribution in [1.29, 1.82) is 0 Å². The highest BCUT2D eigenvalue weighted by Gasteiger charge is 2.52. The topological polar surface area (TPSA) is 81.8 Å². The first-order valence-electron chi connectivity index (χ1n) is 9.81. The number of anilines is 1. The third-order valence-electron chi connectivity index (χ3n) is 6.08. The standard InChI is InChI=1S/C20H26N4O3/c1-14-9-10-15-7-3-4-8-16(15)23(14)13-17(25)22-24-18(26)20(21-19(24)27)11-5-2-6-12-20/h3-4,7-8,14H,2,5-6,9-13H2,1H3,(H,21,27)(H,22,25). The zero-order chi connectivity index (χ0) is 19.0. The minimum absolute atomic E-state index is 0.113. The molecule has 2 heterocycles. The summed E-state index contributed by atoms with van der Waals surface area (Å²) in [7, 11) is 0. The van der Waals surface area contributed by atoms with Crippen molar-refractivity contribution >= 4 is 23.5 Å². The van der Waals surface area contributed by atoms with Gasteiger partial charge < -0.3 is 10.2 Å². The Morgan fingerprint density at radius 2 is 1.96 bits per heavy atom. The number of nitrogens with zero attached hydrogens (tertiary/aromatic N) is 2. The Hall–Kier alpha value is -2.57. The number of rotatable bonds is 3. The molecular weight excluding hydrogens is 344 g/mol. The van der Waals surface area contributed by atoms with Crippen LogP contribution in [0.3, 0.4) is 0 Å². The van der Waals surface area contributed by atoms with E-state index >= 15 is 0 Å². The van der Waals surface area contributed by atoms with Crippen LogP contribution in [0.25, 0.3) is 0 Å². The molecule has 1 unspecified atom stereocenters. The summed E-state index contributed by atoms with van der Waals surface area (Å²) < 4.78 is 0. The van der Waals surface area contributed by atoms with Gasteiger partial charge in [0.15, 0.2) is 0 Å². The molecule has 1 atom stereocenters. The smallest absolute Gasteiger partial charge is 0.344 e. The first kappa shape index (κ1) is 17.8. The largest absolute Gasteiger partial charge is 0.359 e. The number of benzene rings is 1. The van der Waals surface area contributed by atoms with Gasteiger partial charge in [0.1, 0.15) is 5.54 Å². The number of imide groups is 1. The Bertz CT molecular complexity index is 772. The molecule has 1 spiro atoms. The van der Waals surface area contributed by atoms with Gasteiger partial charge in [0.25, 0.3) is 11.8 Å². The molecule has 7 heteroatoms. The SMILES string of the molecule is CC1CCc2ccccc2N1CC(=O)NN1C(=O)NC2(CCCCC2)C1=O. The third-order valence-corrected chi connectivity index (χ3v) is 6.08. The normalized spacial score (nSPS) is 24.0. The van der Waals surface area contributed by atoms with Crippen LogP contribution in [0.5, 0.6) is 0 Å². The summed E-state index contributed by atoms with van der Waals surface area (Å²) in [5.74, 6) is -0.678. The van der Waals surface area contributed by atoms with Gasteiger partial charge in [-0.2, -0.15) is 5.01 Å². The number of hydrogen-bond donors (Lipinski definition) is 2. The number of hydrazine groups is 1. The summed E-state index contributed by atoms with van der Waals surface area (Å²) in [6.45, 7) is 2.20. The monoisotopic (exact) mass is 370 g/mol. The number of fused-ring (bicyclic) bond motifs is 1. The van der Waals surface area contributed by atoms with E-state index in [1.165, 1.54) is 5.56 Å². The summed E-state index contributed by atoms with van der Waals surface area (Å²) in [6, 6.07) is 7.76. The lowest BCUT2D eigenvalue weighted by Crippen LogP contribution is -2.53. The van der Waals surface area contributed by atoms with Crippen LogP contribution in [0.1, 0.15) is 51.0 Å². The van der Waals surface area contributed by atoms with Gasteiger partial charge in [-0.1, -0.05) is 37.5 Å². The molecule has 1 saturated carbocycles. The molecule has 1 aromatic rings. The molecule has 2 aliphatic heterocycles. The quantitative estimate of drug-likeness (QED) is 0.799. The van der Waals surface area contributed by atoms with E-state index in [0.29, 0.717) is 12.8 Å². The van der Waals surface area contributed by atoms with Crippen LogP contribution in [0, 0.1) is 0 Å². The summed E-state index contributed by atoms with van der Waals surface area (Å²) in [5, 5.41) is 3.69. The molecule has 3 aliphatic rings. The van der Waals surface area contributed by atoms with Gasteiger partial charge in [0.2, 0.25) is 0 Å². The molecule has 0 radical (unpaired) electrons. The van der Waals surface area contributed by atoms with Crippen molar-refractivity contribution in [2.45, 2.75) is 63.5 Å². The van der Waals surface area contributed by atoms with E-state index in [0.717, 1.165) is 42.8 Å². The van der Waals surface area contributed by atoms with Crippen molar-refractivity contribution < 1.29 is 14.4 Å². The molecule has 1 aliphatic carbocycles. The zero-order valence-corrected chi connectivity index (χ0v) is 15.7. The van der Waals surface area contributed by atoms with Gasteiger partial charge in [0.05, 0.1) is 6.54 Å². The van der Waals surface area contributed by atoms with Gasteiger partial charge in [-0.15, -0.1) is 0 Å². The molecule has 2 N–H and O–H groups in total. The van der Waals surface area contributed by atoms with Crippen molar-refractivity contribution in [3.63, 3.8) is 0 Å². The molecule has 1 saturated heterocycles. The maximum absolute atomic E-state index is 12.8.